The average molecular weight is 354 g/mol. The predicted molar refractivity (Wildman–Crippen MR) is 98.2 cm³/mol. The highest BCUT2D eigenvalue weighted by Gasteiger charge is 2.50. The molecule has 0 aromatic carbocycles. The molecule has 5 heteroatoms. The van der Waals surface area contributed by atoms with Crippen molar-refractivity contribution in [3.63, 3.8) is 0 Å². The van der Waals surface area contributed by atoms with Gasteiger partial charge in [0.15, 0.2) is 5.78 Å². The van der Waals surface area contributed by atoms with Crippen molar-refractivity contribution >= 4 is 5.78 Å². The van der Waals surface area contributed by atoms with Crippen LogP contribution in [-0.4, -0.2) is 51.6 Å². The molecular formula is C20H34O5. The Balaban J connectivity index is 2.29. The van der Waals surface area contributed by atoms with Gasteiger partial charge in [-0.2, -0.15) is 0 Å². The van der Waals surface area contributed by atoms with Crippen molar-refractivity contribution in [2.75, 3.05) is 13.2 Å². The second-order valence-corrected chi connectivity index (χ2v) is 7.84. The van der Waals surface area contributed by atoms with Crippen molar-refractivity contribution in [2.24, 2.45) is 5.92 Å². The number of aliphatic hydroxyl groups excluding tert-OH is 2. The van der Waals surface area contributed by atoms with Crippen molar-refractivity contribution in [2.45, 2.75) is 77.1 Å². The van der Waals surface area contributed by atoms with Gasteiger partial charge in [0, 0.05) is 5.92 Å². The second kappa shape index (κ2) is 9.62. The van der Waals surface area contributed by atoms with Gasteiger partial charge < -0.3 is 20.1 Å². The Morgan fingerprint density at radius 2 is 2.04 bits per heavy atom. The fourth-order valence-electron chi connectivity index (χ4n) is 2.92. The van der Waals surface area contributed by atoms with Crippen molar-refractivity contribution in [3.05, 3.63) is 23.8 Å². The predicted octanol–water partition coefficient (Wildman–Crippen LogP) is 2.54. The monoisotopic (exact) mass is 354 g/mol. The highest BCUT2D eigenvalue weighted by atomic mass is 16.6. The van der Waals surface area contributed by atoms with E-state index in [1.165, 1.54) is 12.2 Å². The van der Waals surface area contributed by atoms with E-state index in [2.05, 4.69) is 6.92 Å². The van der Waals surface area contributed by atoms with Gasteiger partial charge in [-0.05, 0) is 64.5 Å². The highest BCUT2D eigenvalue weighted by molar-refractivity contribution is 5.91. The van der Waals surface area contributed by atoms with Crippen molar-refractivity contribution in [3.8, 4) is 0 Å². The van der Waals surface area contributed by atoms with E-state index in [1.807, 2.05) is 6.92 Å². The summed E-state index contributed by atoms with van der Waals surface area (Å²) in [6.07, 6.45) is 9.03. The summed E-state index contributed by atoms with van der Waals surface area (Å²) >= 11 is 0. The fraction of sp³-hybridized carbons (Fsp3) is 0.750. The average Bonchev–Trinajstić information content (AvgIpc) is 3.18. The van der Waals surface area contributed by atoms with Gasteiger partial charge >= 0.3 is 0 Å². The van der Waals surface area contributed by atoms with Gasteiger partial charge in [-0.25, -0.2) is 0 Å². The van der Waals surface area contributed by atoms with Gasteiger partial charge in [-0.15, -0.1) is 0 Å². The first-order chi connectivity index (χ1) is 11.6. The third kappa shape index (κ3) is 8.27. The van der Waals surface area contributed by atoms with Crippen LogP contribution in [0.1, 0.15) is 59.8 Å². The van der Waals surface area contributed by atoms with E-state index >= 15 is 0 Å². The van der Waals surface area contributed by atoms with E-state index in [-0.39, 0.29) is 36.6 Å². The number of ketones is 1. The van der Waals surface area contributed by atoms with Gasteiger partial charge in [-0.1, -0.05) is 19.1 Å². The molecule has 0 amide bonds. The van der Waals surface area contributed by atoms with Gasteiger partial charge in [0.25, 0.3) is 0 Å². The summed E-state index contributed by atoms with van der Waals surface area (Å²) in [5, 5.41) is 27.7. The molecule has 1 aliphatic heterocycles. The molecule has 0 bridgehead atoms. The molecule has 1 rings (SSSR count). The lowest BCUT2D eigenvalue weighted by atomic mass is 9.92. The fourth-order valence-corrected chi connectivity index (χ4v) is 2.92. The molecule has 144 valence electrons. The number of aliphatic hydroxyl groups is 3. The lowest BCUT2D eigenvalue weighted by Gasteiger charge is -2.12. The molecule has 0 radical (unpaired) electrons. The Labute approximate surface area is 151 Å². The summed E-state index contributed by atoms with van der Waals surface area (Å²) in [7, 11) is 0. The Bertz CT molecular complexity index is 489. The molecule has 5 nitrogen and oxygen atoms in total. The molecule has 3 N–H and O–H groups in total. The summed E-state index contributed by atoms with van der Waals surface area (Å²) in [6, 6.07) is 0. The Hall–Kier alpha value is -1.01. The summed E-state index contributed by atoms with van der Waals surface area (Å²) in [5.41, 5.74) is -0.250. The number of allylic oxidation sites excluding steroid dienone is 1. The van der Waals surface area contributed by atoms with Crippen LogP contribution in [-0.2, 0) is 9.53 Å². The van der Waals surface area contributed by atoms with E-state index in [9.17, 15) is 15.0 Å². The minimum absolute atomic E-state index is 0.0260. The number of carbonyl (C=O) groups is 1. The number of hydrogen-bond donors (Lipinski definition) is 3. The van der Waals surface area contributed by atoms with E-state index < -0.39 is 5.60 Å². The first-order valence-corrected chi connectivity index (χ1v) is 9.14. The maximum Gasteiger partial charge on any atom is 0.158 e. The van der Waals surface area contributed by atoms with Crippen molar-refractivity contribution < 1.29 is 24.9 Å². The maximum atomic E-state index is 12.0. The van der Waals surface area contributed by atoms with Crippen LogP contribution in [0.5, 0.6) is 0 Å². The van der Waals surface area contributed by atoms with Crippen molar-refractivity contribution in [1.29, 1.82) is 0 Å². The van der Waals surface area contributed by atoms with Crippen LogP contribution in [0.3, 0.4) is 0 Å². The number of rotatable bonds is 12. The molecule has 3 unspecified atom stereocenters. The zero-order chi connectivity index (χ0) is 19.1. The number of ether oxygens (including phenoxy) is 1. The Morgan fingerprint density at radius 1 is 1.36 bits per heavy atom. The first-order valence-electron chi connectivity index (χ1n) is 9.14. The molecule has 25 heavy (non-hydrogen) atoms. The summed E-state index contributed by atoms with van der Waals surface area (Å²) in [5.74, 6) is -0.0184. The zero-order valence-corrected chi connectivity index (χ0v) is 16.0. The largest absolute Gasteiger partial charge is 0.392 e. The third-order valence-corrected chi connectivity index (χ3v) is 4.80. The molecule has 1 saturated heterocycles. The number of hydrogen-bond acceptors (Lipinski definition) is 5. The van der Waals surface area contributed by atoms with Gasteiger partial charge in [0.1, 0.15) is 0 Å². The van der Waals surface area contributed by atoms with Crippen LogP contribution >= 0.6 is 0 Å². The molecule has 1 aliphatic rings. The van der Waals surface area contributed by atoms with Crippen LogP contribution in [0.25, 0.3) is 0 Å². The Kier molecular flexibility index (Phi) is 8.48. The van der Waals surface area contributed by atoms with Crippen LogP contribution in [0.15, 0.2) is 23.8 Å². The van der Waals surface area contributed by atoms with Crippen LogP contribution < -0.4 is 0 Å². The summed E-state index contributed by atoms with van der Waals surface area (Å²) < 4.78 is 5.81. The molecule has 0 aromatic rings. The lowest BCUT2D eigenvalue weighted by Crippen LogP contribution is -2.16. The highest BCUT2D eigenvalue weighted by Crippen LogP contribution is 2.43. The zero-order valence-electron chi connectivity index (χ0n) is 16.0. The van der Waals surface area contributed by atoms with Crippen LogP contribution in [0, 0.1) is 5.92 Å². The number of carbonyl (C=O) groups excluding carboxylic acids is 1. The third-order valence-electron chi connectivity index (χ3n) is 4.80. The molecule has 1 fully saturated rings. The van der Waals surface area contributed by atoms with Crippen LogP contribution in [0.4, 0.5) is 0 Å². The minimum Gasteiger partial charge on any atom is -0.392 e. The summed E-state index contributed by atoms with van der Waals surface area (Å²) in [4.78, 5) is 12.0. The topological polar surface area (TPSA) is 90.3 Å². The molecule has 0 saturated carbocycles. The normalized spacial score (nSPS) is 25.4. The SMILES string of the molecule is CC(CCCC1(C)OC1CCC(=CCO)CO)C(=O)C=CC(C)(C)O. The Morgan fingerprint density at radius 3 is 2.60 bits per heavy atom. The second-order valence-electron chi connectivity index (χ2n) is 7.84. The van der Waals surface area contributed by atoms with E-state index in [0.29, 0.717) is 0 Å². The molecule has 1 heterocycles. The molecule has 0 aliphatic carbocycles. The summed E-state index contributed by atoms with van der Waals surface area (Å²) in [6.45, 7) is 7.22. The molecule has 0 spiro atoms. The van der Waals surface area contributed by atoms with E-state index in [4.69, 9.17) is 9.84 Å². The van der Waals surface area contributed by atoms with Crippen molar-refractivity contribution in [1.82, 2.24) is 0 Å². The molecule has 0 aromatic heterocycles. The smallest absolute Gasteiger partial charge is 0.158 e. The maximum absolute atomic E-state index is 12.0. The van der Waals surface area contributed by atoms with E-state index in [1.54, 1.807) is 19.9 Å². The van der Waals surface area contributed by atoms with Crippen LogP contribution in [0.2, 0.25) is 0 Å². The molecule has 3 atom stereocenters. The lowest BCUT2D eigenvalue weighted by molar-refractivity contribution is -0.118. The number of epoxide rings is 1. The standard InChI is InChI=1S/C20H34O5/c1-15(17(23)9-12-19(2,3)24)6-5-11-20(4)18(25-20)8-7-16(14-22)10-13-21/h9-10,12,15,18,21-22,24H,5-8,11,13-14H2,1-4H3. The van der Waals surface area contributed by atoms with E-state index in [0.717, 1.165) is 37.7 Å². The van der Waals surface area contributed by atoms with Gasteiger partial charge in [0.2, 0.25) is 0 Å². The molecular weight excluding hydrogens is 320 g/mol. The minimum atomic E-state index is -0.962. The quantitative estimate of drug-likeness (QED) is 0.285. The van der Waals surface area contributed by atoms with Gasteiger partial charge in [0.05, 0.1) is 30.5 Å². The first kappa shape index (κ1) is 22.0. The van der Waals surface area contributed by atoms with Gasteiger partial charge in [-0.3, -0.25) is 4.79 Å².